The molecule has 0 aliphatic carbocycles. The fraction of sp³-hybridized carbons (Fsp3) is 1.00. The molecule has 0 aromatic carbocycles. The Hall–Kier alpha value is 2.00. The van der Waals surface area contributed by atoms with Crippen molar-refractivity contribution >= 4 is 15.9 Å². The average Bonchev–Trinajstić information content (AvgIpc) is 2.96. The molecule has 0 aromatic rings. The van der Waals surface area contributed by atoms with Crippen molar-refractivity contribution in [3.05, 3.63) is 0 Å². The summed E-state index contributed by atoms with van der Waals surface area (Å²) in [6, 6.07) is 0. The molecule has 0 aromatic heterocycles. The van der Waals surface area contributed by atoms with Gasteiger partial charge in [0.05, 0.1) is 6.16 Å². The molecule has 45 heavy (non-hydrogen) atoms. The van der Waals surface area contributed by atoms with Crippen molar-refractivity contribution in [3.8, 4) is 0 Å². The van der Waals surface area contributed by atoms with E-state index in [1.807, 2.05) is 0 Å². The van der Waals surface area contributed by atoms with E-state index in [1.54, 1.807) is 0 Å². The van der Waals surface area contributed by atoms with Crippen molar-refractivity contribution in [2.45, 2.75) is 219 Å². The average molecular weight is 806 g/mol. The third-order valence-electron chi connectivity index (χ3n) is 8.58. The molecule has 1 radical (unpaired) electrons. The van der Waals surface area contributed by atoms with Crippen LogP contribution in [0, 0.1) is 41.7 Å². The van der Waals surface area contributed by atoms with Crippen LogP contribution in [0.5, 0.6) is 0 Å². The first-order chi connectivity index (χ1) is 21.1. The van der Waals surface area contributed by atoms with Crippen LogP contribution in [0.15, 0.2) is 0 Å². The van der Waals surface area contributed by atoms with Gasteiger partial charge in [-0.05, 0) is 25.7 Å². The van der Waals surface area contributed by atoms with Crippen LogP contribution in [-0.2, 0) is 0 Å². The van der Waals surface area contributed by atoms with Crippen molar-refractivity contribution in [2.24, 2.45) is 0 Å². The van der Waals surface area contributed by atoms with E-state index in [2.05, 4.69) is 13.8 Å². The van der Waals surface area contributed by atoms with Gasteiger partial charge in [-0.25, -0.2) is 0 Å². The predicted octanol–water partition coefficient (Wildman–Crippen LogP) is 8.81. The Bertz CT molecular complexity index is 487. The van der Waals surface area contributed by atoms with E-state index in [9.17, 15) is 24.5 Å². The van der Waals surface area contributed by atoms with Gasteiger partial charge in [-0.3, -0.25) is 4.89 Å². The molecular formula is C36H75CeO6P2. The second-order valence-corrected chi connectivity index (χ2v) is 16.7. The van der Waals surface area contributed by atoms with Gasteiger partial charge in [0.25, 0.3) is 0 Å². The van der Waals surface area contributed by atoms with Crippen LogP contribution in [0.4, 0.5) is 0 Å². The number of unbranched alkanes of at least 4 members (excludes halogenated alkanes) is 30. The van der Waals surface area contributed by atoms with Crippen LogP contribution >= 0.6 is 15.9 Å². The van der Waals surface area contributed by atoms with E-state index in [-0.39, 0.29) is 54.1 Å². The summed E-state index contributed by atoms with van der Waals surface area (Å²) in [5.74, 6) is 0. The smallest absolute Gasteiger partial charge is 0.688 e. The van der Waals surface area contributed by atoms with Crippen LogP contribution in [0.25, 0.3) is 0 Å². The third-order valence-corrected chi connectivity index (χ3v) is 10.3. The number of hydrogen-bond donors (Lipinski definition) is 1. The molecule has 0 rings (SSSR count). The maximum absolute atomic E-state index is 10.6. The minimum Gasteiger partial charge on any atom is -0.688 e. The Balaban J connectivity index is -0.000000767. The molecule has 0 amide bonds. The van der Waals surface area contributed by atoms with Gasteiger partial charge in [-0.2, -0.15) is 7.94 Å². The molecular weight excluding hydrogens is 730 g/mol. The second kappa shape index (κ2) is 40.4. The van der Waals surface area contributed by atoms with Crippen LogP contribution in [0.3, 0.4) is 0 Å². The van der Waals surface area contributed by atoms with Crippen LogP contribution in [0.2, 0.25) is 0 Å². The first-order valence-electron chi connectivity index (χ1n) is 19.2. The Morgan fingerprint density at radius 3 is 0.667 bits per heavy atom. The van der Waals surface area contributed by atoms with Gasteiger partial charge in [0.2, 0.25) is 0 Å². The van der Waals surface area contributed by atoms with E-state index in [1.165, 1.54) is 167 Å². The van der Waals surface area contributed by atoms with E-state index in [4.69, 9.17) is 4.89 Å². The third kappa shape index (κ3) is 55.7. The van der Waals surface area contributed by atoms with E-state index >= 15 is 0 Å². The van der Waals surface area contributed by atoms with Gasteiger partial charge in [0.15, 0.2) is 0 Å². The normalized spacial score (nSPS) is 11.7. The summed E-state index contributed by atoms with van der Waals surface area (Å²) in [7, 11) is -8.26. The molecule has 269 valence electrons. The molecule has 0 saturated carbocycles. The van der Waals surface area contributed by atoms with E-state index in [0.717, 1.165) is 25.7 Å². The molecule has 6 nitrogen and oxygen atoms in total. The van der Waals surface area contributed by atoms with Gasteiger partial charge in [0.1, 0.15) is 0 Å². The molecule has 0 unspecified atom stereocenters. The fourth-order valence-corrected chi connectivity index (χ4v) is 6.95. The molecule has 0 fully saturated rings. The summed E-state index contributed by atoms with van der Waals surface area (Å²) < 4.78 is 0. The molecule has 9 heteroatoms. The van der Waals surface area contributed by atoms with Gasteiger partial charge < -0.3 is 24.5 Å². The fourth-order valence-electron chi connectivity index (χ4n) is 5.71. The molecule has 0 atom stereocenters. The molecule has 0 aliphatic heterocycles. The Labute approximate surface area is 316 Å². The van der Waals surface area contributed by atoms with Gasteiger partial charge in [0, 0.05) is 14.1 Å². The molecule has 0 heterocycles. The second-order valence-electron chi connectivity index (χ2n) is 13.3. The standard InChI is InChI=1S/2C18H39O3P.Ce/c2*1-2-3-4-5-6-7-8-9-10-11-12-13-14-15-16-17-18-22(19,20)21;/h2*2-18H2,1H3,(H2,19,20,21);/q;;+3/p-3. The zero-order chi connectivity index (χ0) is 33.0. The largest absolute Gasteiger partial charge is 3.00 e. The van der Waals surface area contributed by atoms with Gasteiger partial charge in [-0.1, -0.05) is 194 Å². The van der Waals surface area contributed by atoms with E-state index in [0.29, 0.717) is 12.8 Å². The summed E-state index contributed by atoms with van der Waals surface area (Å²) >= 11 is 0. The van der Waals surface area contributed by atoms with E-state index < -0.39 is 15.9 Å². The molecule has 0 saturated heterocycles. The van der Waals surface area contributed by atoms with Gasteiger partial charge >= 0.3 is 41.7 Å². The summed E-state index contributed by atoms with van der Waals surface area (Å²) in [4.78, 5) is 61.1. The minimum absolute atomic E-state index is 0. The maximum Gasteiger partial charge on any atom is 3.00 e. The quantitative estimate of drug-likeness (QED) is 0.0510. The Morgan fingerprint density at radius 1 is 0.311 bits per heavy atom. The van der Waals surface area contributed by atoms with Crippen molar-refractivity contribution in [1.82, 2.24) is 0 Å². The van der Waals surface area contributed by atoms with Crippen molar-refractivity contribution < 1.29 is 71.1 Å². The minimum atomic E-state index is -4.25. The van der Waals surface area contributed by atoms with Crippen LogP contribution in [0.1, 0.15) is 219 Å². The maximum atomic E-state index is 10.6. The number of hydrogen-bond acceptors (Lipinski definition) is 6. The summed E-state index contributed by atoms with van der Waals surface area (Å²) in [6.07, 6.45) is 40.2. The Kier molecular flexibility index (Phi) is 46.1. The summed E-state index contributed by atoms with van der Waals surface area (Å²) in [6.45, 7) is 4.53. The monoisotopic (exact) mass is 805 g/mol. The van der Waals surface area contributed by atoms with Gasteiger partial charge in [-0.15, -0.1) is 0 Å². The first kappa shape index (κ1) is 51.4. The van der Waals surface area contributed by atoms with Crippen LogP contribution in [-0.4, -0.2) is 17.2 Å². The zero-order valence-corrected chi connectivity index (χ0v) is 34.9. The van der Waals surface area contributed by atoms with Crippen LogP contribution < -0.4 is 24.5 Å². The Morgan fingerprint density at radius 2 is 0.489 bits per heavy atom. The summed E-state index contributed by atoms with van der Waals surface area (Å²) in [5.41, 5.74) is 0. The van der Waals surface area contributed by atoms with Crippen molar-refractivity contribution in [3.63, 3.8) is 0 Å². The predicted molar refractivity (Wildman–Crippen MR) is 185 cm³/mol. The zero-order valence-electron chi connectivity index (χ0n) is 29.9. The SMILES string of the molecule is CCCCCCCCCCCCCCCCCC[P+]([O-])([O-])O.CCCCCCCCCCCCCCCCCC[P+]([O-])([O-])[O-].[Ce+3]. The number of rotatable bonds is 34. The van der Waals surface area contributed by atoms with Crippen molar-refractivity contribution in [1.29, 1.82) is 0 Å². The molecule has 0 aliphatic rings. The van der Waals surface area contributed by atoms with Crippen molar-refractivity contribution in [2.75, 3.05) is 12.3 Å². The topological polar surface area (TPSA) is 136 Å². The summed E-state index contributed by atoms with van der Waals surface area (Å²) in [5, 5.41) is 0. The molecule has 0 bridgehead atoms. The molecule has 0 spiro atoms. The first-order valence-corrected chi connectivity index (χ1v) is 22.7. The molecule has 1 N–H and O–H groups in total.